The van der Waals surface area contributed by atoms with E-state index in [0.717, 1.165) is 10.6 Å². The van der Waals surface area contributed by atoms with E-state index in [0.29, 0.717) is 12.1 Å². The molecule has 0 saturated carbocycles. The maximum absolute atomic E-state index is 12.0. The number of carbonyl (C=O) groups is 2. The van der Waals surface area contributed by atoms with Crippen LogP contribution in [0.5, 0.6) is 0 Å². The number of Topliss-reactive ketones (excluding diaryl/α,β-unsaturated/α-hetero) is 1. The minimum Gasteiger partial charge on any atom is -0.324 e. The van der Waals surface area contributed by atoms with E-state index >= 15 is 0 Å². The fraction of sp³-hybridized carbons (Fsp3) is 0.429. The lowest BCUT2D eigenvalue weighted by molar-refractivity contribution is -0.115. The summed E-state index contributed by atoms with van der Waals surface area (Å²) in [6, 6.07) is 5.76. The molecule has 4 nitrogen and oxygen atoms in total. The zero-order valence-corrected chi connectivity index (χ0v) is 12.1. The van der Waals surface area contributed by atoms with Crippen molar-refractivity contribution in [3.63, 3.8) is 0 Å². The Bertz CT molecular complexity index is 514. The highest BCUT2D eigenvalue weighted by atomic mass is 32.2. The molecule has 19 heavy (non-hydrogen) atoms. The molecule has 5 heteroatoms. The van der Waals surface area contributed by atoms with Gasteiger partial charge in [-0.2, -0.15) is 0 Å². The van der Waals surface area contributed by atoms with Crippen LogP contribution in [0.1, 0.15) is 31.1 Å². The lowest BCUT2D eigenvalue weighted by atomic mass is 10.1. The molecule has 1 heterocycles. The quantitative estimate of drug-likeness (QED) is 0.830. The summed E-state index contributed by atoms with van der Waals surface area (Å²) in [5.41, 5.74) is 1.37. The molecule has 1 aromatic carbocycles. The van der Waals surface area contributed by atoms with Crippen LogP contribution in [0.4, 0.5) is 5.69 Å². The predicted molar refractivity (Wildman–Crippen MR) is 77.9 cm³/mol. The SMILES string of the molecule is CC(C)NCC(=O)c1ccc2c(c1)NC(=O)C(C)S2. The van der Waals surface area contributed by atoms with Crippen LogP contribution in [-0.2, 0) is 4.79 Å². The van der Waals surface area contributed by atoms with E-state index in [1.54, 1.807) is 6.07 Å². The molecule has 1 unspecified atom stereocenters. The molecule has 0 bridgehead atoms. The molecule has 1 amide bonds. The minimum atomic E-state index is -0.0864. The van der Waals surface area contributed by atoms with Crippen molar-refractivity contribution < 1.29 is 9.59 Å². The van der Waals surface area contributed by atoms with Gasteiger partial charge in [-0.25, -0.2) is 0 Å². The third kappa shape index (κ3) is 3.36. The molecular formula is C14H18N2O2S. The predicted octanol–water partition coefficient (Wildman–Crippen LogP) is 2.30. The number of fused-ring (bicyclic) bond motifs is 1. The molecule has 0 saturated heterocycles. The molecule has 0 radical (unpaired) electrons. The largest absolute Gasteiger partial charge is 0.324 e. The molecule has 0 fully saturated rings. The number of rotatable bonds is 4. The van der Waals surface area contributed by atoms with Gasteiger partial charge in [0.05, 0.1) is 17.5 Å². The molecular weight excluding hydrogens is 260 g/mol. The van der Waals surface area contributed by atoms with Crippen LogP contribution in [0, 0.1) is 0 Å². The van der Waals surface area contributed by atoms with Gasteiger partial charge in [0.2, 0.25) is 5.91 Å². The summed E-state index contributed by atoms with van der Waals surface area (Å²) in [5.74, 6) is 0.0248. The third-order valence-electron chi connectivity index (χ3n) is 2.90. The molecule has 1 aliphatic heterocycles. The first-order chi connectivity index (χ1) is 8.97. The highest BCUT2D eigenvalue weighted by Gasteiger charge is 2.23. The standard InChI is InChI=1S/C14H18N2O2S/c1-8(2)15-7-12(17)10-4-5-13-11(6-10)16-14(18)9(3)19-13/h4-6,8-9,15H,7H2,1-3H3,(H,16,18). The van der Waals surface area contributed by atoms with Gasteiger partial charge in [-0.3, -0.25) is 9.59 Å². The Hall–Kier alpha value is -1.33. The summed E-state index contributed by atoms with van der Waals surface area (Å²) in [6.07, 6.45) is 0. The number of hydrogen-bond donors (Lipinski definition) is 2. The van der Waals surface area contributed by atoms with Gasteiger partial charge in [0, 0.05) is 16.5 Å². The fourth-order valence-corrected chi connectivity index (χ4v) is 2.71. The van der Waals surface area contributed by atoms with Crippen LogP contribution in [0.25, 0.3) is 0 Å². The first kappa shape index (κ1) is 14.1. The monoisotopic (exact) mass is 278 g/mol. The summed E-state index contributed by atoms with van der Waals surface area (Å²) in [6.45, 7) is 6.18. The van der Waals surface area contributed by atoms with Crippen LogP contribution < -0.4 is 10.6 Å². The Morgan fingerprint density at radius 2 is 2.21 bits per heavy atom. The van der Waals surface area contributed by atoms with E-state index < -0.39 is 0 Å². The van der Waals surface area contributed by atoms with Gasteiger partial charge in [-0.1, -0.05) is 19.9 Å². The zero-order chi connectivity index (χ0) is 14.0. The van der Waals surface area contributed by atoms with Gasteiger partial charge in [-0.05, 0) is 19.1 Å². The van der Waals surface area contributed by atoms with Crippen LogP contribution in [0.2, 0.25) is 0 Å². The van der Waals surface area contributed by atoms with E-state index in [1.807, 2.05) is 32.9 Å². The molecule has 0 spiro atoms. The highest BCUT2D eigenvalue weighted by molar-refractivity contribution is 8.00. The Morgan fingerprint density at radius 3 is 2.89 bits per heavy atom. The average Bonchev–Trinajstić information content (AvgIpc) is 2.36. The molecule has 102 valence electrons. The van der Waals surface area contributed by atoms with E-state index in [4.69, 9.17) is 0 Å². The summed E-state index contributed by atoms with van der Waals surface area (Å²) >= 11 is 1.52. The number of ketones is 1. The summed E-state index contributed by atoms with van der Waals surface area (Å²) in [5, 5.41) is 5.85. The number of benzene rings is 1. The number of amides is 1. The Kier molecular flexibility index (Phi) is 4.27. The van der Waals surface area contributed by atoms with Crippen molar-refractivity contribution in [2.24, 2.45) is 0 Å². The van der Waals surface area contributed by atoms with Gasteiger partial charge < -0.3 is 10.6 Å². The Labute approximate surface area is 117 Å². The molecule has 1 aliphatic rings. The number of hydrogen-bond acceptors (Lipinski definition) is 4. The average molecular weight is 278 g/mol. The van der Waals surface area contributed by atoms with E-state index in [-0.39, 0.29) is 23.0 Å². The molecule has 2 N–H and O–H groups in total. The maximum atomic E-state index is 12.0. The van der Waals surface area contributed by atoms with Gasteiger partial charge in [0.1, 0.15) is 0 Å². The number of nitrogens with one attached hydrogen (secondary N) is 2. The smallest absolute Gasteiger partial charge is 0.237 e. The van der Waals surface area contributed by atoms with Gasteiger partial charge in [-0.15, -0.1) is 11.8 Å². The third-order valence-corrected chi connectivity index (χ3v) is 4.08. The van der Waals surface area contributed by atoms with Crippen molar-refractivity contribution in [2.75, 3.05) is 11.9 Å². The maximum Gasteiger partial charge on any atom is 0.237 e. The second-order valence-electron chi connectivity index (χ2n) is 4.92. The van der Waals surface area contributed by atoms with Crippen LogP contribution in [0.3, 0.4) is 0 Å². The number of carbonyl (C=O) groups excluding carboxylic acids is 2. The fourth-order valence-electron chi connectivity index (χ4n) is 1.78. The van der Waals surface area contributed by atoms with Crippen molar-refractivity contribution in [3.05, 3.63) is 23.8 Å². The van der Waals surface area contributed by atoms with Crippen molar-refractivity contribution in [1.82, 2.24) is 5.32 Å². The molecule has 2 rings (SSSR count). The van der Waals surface area contributed by atoms with Gasteiger partial charge in [0.15, 0.2) is 5.78 Å². The normalized spacial score (nSPS) is 18.1. The lowest BCUT2D eigenvalue weighted by Gasteiger charge is -2.21. The van der Waals surface area contributed by atoms with Crippen LogP contribution >= 0.6 is 11.8 Å². The van der Waals surface area contributed by atoms with Crippen molar-refractivity contribution >= 4 is 29.1 Å². The zero-order valence-electron chi connectivity index (χ0n) is 11.3. The van der Waals surface area contributed by atoms with E-state index in [9.17, 15) is 9.59 Å². The Balaban J connectivity index is 2.15. The highest BCUT2D eigenvalue weighted by Crippen LogP contribution is 2.35. The second-order valence-corrected chi connectivity index (χ2v) is 6.30. The molecule has 0 aromatic heterocycles. The van der Waals surface area contributed by atoms with Crippen molar-refractivity contribution in [3.8, 4) is 0 Å². The lowest BCUT2D eigenvalue weighted by Crippen LogP contribution is -2.29. The van der Waals surface area contributed by atoms with E-state index in [2.05, 4.69) is 10.6 Å². The van der Waals surface area contributed by atoms with Gasteiger partial charge in [0.25, 0.3) is 0 Å². The number of anilines is 1. The minimum absolute atomic E-state index is 0.0117. The summed E-state index contributed by atoms with van der Waals surface area (Å²) in [4.78, 5) is 24.6. The Morgan fingerprint density at radius 1 is 1.47 bits per heavy atom. The van der Waals surface area contributed by atoms with Crippen molar-refractivity contribution in [2.45, 2.75) is 37.0 Å². The molecule has 0 aliphatic carbocycles. The first-order valence-corrected chi connectivity index (χ1v) is 7.23. The topological polar surface area (TPSA) is 58.2 Å². The molecule has 1 atom stereocenters. The van der Waals surface area contributed by atoms with Crippen LogP contribution in [0.15, 0.2) is 23.1 Å². The van der Waals surface area contributed by atoms with E-state index in [1.165, 1.54) is 11.8 Å². The van der Waals surface area contributed by atoms with Crippen LogP contribution in [-0.4, -0.2) is 29.5 Å². The number of thioether (sulfide) groups is 1. The van der Waals surface area contributed by atoms with Gasteiger partial charge >= 0.3 is 0 Å². The summed E-state index contributed by atoms with van der Waals surface area (Å²) in [7, 11) is 0. The first-order valence-electron chi connectivity index (χ1n) is 6.35. The summed E-state index contributed by atoms with van der Waals surface area (Å²) < 4.78 is 0. The second kappa shape index (κ2) is 5.75. The molecule has 1 aromatic rings. The van der Waals surface area contributed by atoms with Crippen molar-refractivity contribution in [1.29, 1.82) is 0 Å².